The van der Waals surface area contributed by atoms with E-state index in [-0.39, 0.29) is 16.7 Å². The minimum Gasteiger partial charge on any atom is -0.480 e. The van der Waals surface area contributed by atoms with Crippen molar-refractivity contribution in [1.82, 2.24) is 10.2 Å². The smallest absolute Gasteiger partial charge is 0.326 e. The Morgan fingerprint density at radius 2 is 2.33 bits per heavy atom. The predicted octanol–water partition coefficient (Wildman–Crippen LogP) is 0.763. The van der Waals surface area contributed by atoms with Gasteiger partial charge in [0.05, 0.1) is 4.87 Å². The summed E-state index contributed by atoms with van der Waals surface area (Å²) < 4.78 is 0. The first kappa shape index (κ1) is 16.5. The van der Waals surface area contributed by atoms with E-state index in [9.17, 15) is 19.5 Å². The number of nitrogens with zero attached hydrogens (tertiary/aromatic N) is 1. The van der Waals surface area contributed by atoms with Crippen LogP contribution in [0.5, 0.6) is 0 Å². The number of rotatable bonds is 6. The fraction of sp³-hybridized carbons (Fsp3) is 0.769. The Kier molecular flexibility index (Phi) is 5.08. The van der Waals surface area contributed by atoms with Crippen LogP contribution in [0.25, 0.3) is 0 Å². The van der Waals surface area contributed by atoms with Gasteiger partial charge in [-0.3, -0.25) is 9.59 Å². The molecule has 0 aromatic carbocycles. The first-order valence-electron chi connectivity index (χ1n) is 6.87. The topological polar surface area (TPSA) is 86.7 Å². The Bertz CT molecular complexity index is 459. The average Bonchev–Trinajstić information content (AvgIpc) is 2.91. The third-order valence-corrected chi connectivity index (χ3v) is 6.12. The molecule has 8 heteroatoms. The van der Waals surface area contributed by atoms with Gasteiger partial charge in [0.15, 0.2) is 0 Å². The highest BCUT2D eigenvalue weighted by Gasteiger charge is 2.53. The largest absolute Gasteiger partial charge is 0.480 e. The Balaban J connectivity index is 2.03. The predicted molar refractivity (Wildman–Crippen MR) is 83.3 cm³/mol. The maximum Gasteiger partial charge on any atom is 0.326 e. The highest BCUT2D eigenvalue weighted by molar-refractivity contribution is 8.01. The number of aliphatic carboxylic acids is 1. The van der Waals surface area contributed by atoms with E-state index in [1.807, 2.05) is 13.2 Å². The molecule has 0 bridgehead atoms. The molecule has 0 radical (unpaired) electrons. The number of amides is 2. The molecule has 2 fully saturated rings. The van der Waals surface area contributed by atoms with Crippen LogP contribution < -0.4 is 5.32 Å². The molecule has 118 valence electrons. The van der Waals surface area contributed by atoms with Gasteiger partial charge in [0, 0.05) is 12.2 Å². The third-order valence-electron chi connectivity index (χ3n) is 3.97. The summed E-state index contributed by atoms with van der Waals surface area (Å²) in [5.41, 5.74) is 0. The summed E-state index contributed by atoms with van der Waals surface area (Å²) in [6.45, 7) is 1.97. The number of thioether (sulfide) groups is 2. The van der Waals surface area contributed by atoms with Gasteiger partial charge in [-0.1, -0.05) is 0 Å². The van der Waals surface area contributed by atoms with Crippen molar-refractivity contribution in [3.63, 3.8) is 0 Å². The molecule has 0 aromatic rings. The molecule has 0 spiro atoms. The Hall–Kier alpha value is -0.890. The standard InChI is InChI=1S/C13H20N2O4S2/c1-13-5-3-10(16)15(13)9(7-21-13)11(17)14-8(12(18)19)4-6-20-2/h8-9H,3-7H2,1-2H3,(H,14,17)(H,18,19)/t8-,9?,13?/m0/s1. The van der Waals surface area contributed by atoms with Crippen molar-refractivity contribution in [1.29, 1.82) is 0 Å². The lowest BCUT2D eigenvalue weighted by Crippen LogP contribution is -2.53. The Labute approximate surface area is 132 Å². The van der Waals surface area contributed by atoms with Gasteiger partial charge in [0.1, 0.15) is 12.1 Å². The fourth-order valence-electron chi connectivity index (χ4n) is 2.78. The molecule has 2 amide bonds. The van der Waals surface area contributed by atoms with Gasteiger partial charge < -0.3 is 15.3 Å². The zero-order chi connectivity index (χ0) is 15.6. The lowest BCUT2D eigenvalue weighted by atomic mass is 10.1. The van der Waals surface area contributed by atoms with Crippen LogP contribution in [0.3, 0.4) is 0 Å². The number of carboxylic acids is 1. The van der Waals surface area contributed by atoms with Gasteiger partial charge in [-0.15, -0.1) is 11.8 Å². The average molecular weight is 332 g/mol. The quantitative estimate of drug-likeness (QED) is 0.747. The van der Waals surface area contributed by atoms with E-state index in [2.05, 4.69) is 5.32 Å². The molecule has 2 saturated heterocycles. The number of hydrogen-bond acceptors (Lipinski definition) is 5. The molecule has 21 heavy (non-hydrogen) atoms. The summed E-state index contributed by atoms with van der Waals surface area (Å²) in [7, 11) is 0. The van der Waals surface area contributed by atoms with E-state index >= 15 is 0 Å². The van der Waals surface area contributed by atoms with Crippen molar-refractivity contribution in [2.75, 3.05) is 17.8 Å². The number of nitrogens with one attached hydrogen (secondary N) is 1. The van der Waals surface area contributed by atoms with E-state index in [4.69, 9.17) is 0 Å². The molecular formula is C13H20N2O4S2. The highest BCUT2D eigenvalue weighted by Crippen LogP contribution is 2.47. The van der Waals surface area contributed by atoms with Gasteiger partial charge in [0.2, 0.25) is 11.8 Å². The van der Waals surface area contributed by atoms with Gasteiger partial charge in [-0.05, 0) is 31.8 Å². The van der Waals surface area contributed by atoms with Crippen LogP contribution in [0, 0.1) is 0 Å². The minimum absolute atomic E-state index is 0.0151. The molecule has 3 atom stereocenters. The van der Waals surface area contributed by atoms with Gasteiger partial charge in [0.25, 0.3) is 0 Å². The number of hydrogen-bond donors (Lipinski definition) is 2. The molecule has 0 aromatic heterocycles. The second-order valence-corrected chi connectivity index (χ2v) is 7.93. The van der Waals surface area contributed by atoms with Crippen molar-refractivity contribution in [2.24, 2.45) is 0 Å². The number of fused-ring (bicyclic) bond motifs is 1. The SMILES string of the molecule is CSCC[C@H](NC(=O)C1CSC2(C)CCC(=O)N12)C(=O)O. The molecule has 2 rings (SSSR count). The summed E-state index contributed by atoms with van der Waals surface area (Å²) >= 11 is 3.14. The van der Waals surface area contributed by atoms with E-state index in [0.717, 1.165) is 6.42 Å². The monoisotopic (exact) mass is 332 g/mol. The number of carbonyl (C=O) groups is 3. The van der Waals surface area contributed by atoms with Crippen LogP contribution in [-0.2, 0) is 14.4 Å². The molecule has 2 unspecified atom stereocenters. The maximum atomic E-state index is 12.4. The van der Waals surface area contributed by atoms with Gasteiger partial charge in [-0.2, -0.15) is 11.8 Å². The summed E-state index contributed by atoms with van der Waals surface area (Å²) in [5, 5.41) is 11.8. The zero-order valence-electron chi connectivity index (χ0n) is 12.1. The first-order chi connectivity index (χ1) is 9.89. The molecular weight excluding hydrogens is 312 g/mol. The van der Waals surface area contributed by atoms with Crippen molar-refractivity contribution in [3.8, 4) is 0 Å². The summed E-state index contributed by atoms with van der Waals surface area (Å²) in [5.74, 6) is -0.202. The van der Waals surface area contributed by atoms with E-state index < -0.39 is 18.1 Å². The number of carbonyl (C=O) groups excluding carboxylic acids is 2. The lowest BCUT2D eigenvalue weighted by Gasteiger charge is -2.30. The second kappa shape index (κ2) is 6.48. The van der Waals surface area contributed by atoms with Crippen LogP contribution in [0.15, 0.2) is 0 Å². The van der Waals surface area contributed by atoms with E-state index in [0.29, 0.717) is 24.3 Å². The van der Waals surface area contributed by atoms with E-state index in [1.165, 1.54) is 11.8 Å². The Morgan fingerprint density at radius 1 is 1.62 bits per heavy atom. The molecule has 2 N–H and O–H groups in total. The lowest BCUT2D eigenvalue weighted by molar-refractivity contribution is -0.143. The zero-order valence-corrected chi connectivity index (χ0v) is 13.8. The Morgan fingerprint density at radius 3 is 2.95 bits per heavy atom. The van der Waals surface area contributed by atoms with Crippen molar-refractivity contribution in [3.05, 3.63) is 0 Å². The fourth-order valence-corrected chi connectivity index (χ4v) is 4.68. The third kappa shape index (κ3) is 3.31. The molecule has 0 saturated carbocycles. The summed E-state index contributed by atoms with van der Waals surface area (Å²) in [6, 6.07) is -1.44. The van der Waals surface area contributed by atoms with Crippen molar-refractivity contribution in [2.45, 2.75) is 43.1 Å². The highest BCUT2D eigenvalue weighted by atomic mass is 32.2. The first-order valence-corrected chi connectivity index (χ1v) is 9.25. The van der Waals surface area contributed by atoms with Crippen LogP contribution in [-0.4, -0.2) is 62.5 Å². The van der Waals surface area contributed by atoms with Crippen LogP contribution in [0.4, 0.5) is 0 Å². The van der Waals surface area contributed by atoms with Crippen molar-refractivity contribution < 1.29 is 19.5 Å². The maximum absolute atomic E-state index is 12.4. The molecule has 2 aliphatic heterocycles. The number of carboxylic acid groups (broad SMARTS) is 1. The summed E-state index contributed by atoms with van der Waals surface area (Å²) in [4.78, 5) is 36.9. The van der Waals surface area contributed by atoms with Gasteiger partial charge in [-0.25, -0.2) is 4.79 Å². The minimum atomic E-state index is -1.03. The van der Waals surface area contributed by atoms with Crippen LogP contribution >= 0.6 is 23.5 Å². The normalized spacial score (nSPS) is 29.3. The molecule has 6 nitrogen and oxygen atoms in total. The molecule has 2 heterocycles. The van der Waals surface area contributed by atoms with Crippen LogP contribution in [0.1, 0.15) is 26.2 Å². The van der Waals surface area contributed by atoms with Gasteiger partial charge >= 0.3 is 5.97 Å². The van der Waals surface area contributed by atoms with Crippen LogP contribution in [0.2, 0.25) is 0 Å². The molecule has 2 aliphatic rings. The molecule has 0 aliphatic carbocycles. The van der Waals surface area contributed by atoms with Crippen molar-refractivity contribution >= 4 is 41.3 Å². The second-order valence-electron chi connectivity index (χ2n) is 5.45. The van der Waals surface area contributed by atoms with E-state index in [1.54, 1.807) is 16.7 Å². The summed E-state index contributed by atoms with van der Waals surface area (Å²) in [6.07, 6.45) is 3.48.